The number of halogens is 1. The summed E-state index contributed by atoms with van der Waals surface area (Å²) < 4.78 is 16.5. The van der Waals surface area contributed by atoms with Crippen LogP contribution < -0.4 is 4.74 Å². The first kappa shape index (κ1) is 13.7. The Labute approximate surface area is 109 Å². The van der Waals surface area contributed by atoms with E-state index in [2.05, 4.69) is 22.6 Å². The van der Waals surface area contributed by atoms with Crippen LogP contribution in [0.1, 0.15) is 5.56 Å². The normalized spacial score (nSPS) is 10.4. The molecule has 90 valence electrons. The third-order valence-electron chi connectivity index (χ3n) is 1.92. The number of aliphatic hydroxyl groups is 1. The summed E-state index contributed by atoms with van der Waals surface area (Å²) in [6, 6.07) is 5.63. The minimum absolute atomic E-state index is 0.0375. The van der Waals surface area contributed by atoms with Gasteiger partial charge in [-0.25, -0.2) is 0 Å². The van der Waals surface area contributed by atoms with Gasteiger partial charge in [0, 0.05) is 16.2 Å². The predicted octanol–water partition coefficient (Wildman–Crippen LogP) is 1.78. The fourth-order valence-electron chi connectivity index (χ4n) is 1.12. The minimum atomic E-state index is -0.0375. The van der Waals surface area contributed by atoms with Crippen molar-refractivity contribution in [1.29, 1.82) is 0 Å². The highest BCUT2D eigenvalue weighted by Crippen LogP contribution is 2.21. The van der Waals surface area contributed by atoms with E-state index in [0.29, 0.717) is 19.0 Å². The number of methoxy groups -OCH3 is 1. The Hall–Kier alpha value is -0.370. The van der Waals surface area contributed by atoms with Crippen molar-refractivity contribution < 1.29 is 19.3 Å². The molecule has 1 rings (SSSR count). The lowest BCUT2D eigenvalue weighted by atomic mass is 10.2. The van der Waals surface area contributed by atoms with Gasteiger partial charge in [0.2, 0.25) is 0 Å². The van der Waals surface area contributed by atoms with Crippen LogP contribution >= 0.6 is 22.6 Å². The Morgan fingerprint density at radius 3 is 2.81 bits per heavy atom. The number of hydrogen-bond acceptors (Lipinski definition) is 4. The van der Waals surface area contributed by atoms with E-state index < -0.39 is 0 Å². The predicted molar refractivity (Wildman–Crippen MR) is 68.4 cm³/mol. The lowest BCUT2D eigenvalue weighted by molar-refractivity contribution is -0.00927. The van der Waals surface area contributed by atoms with Crippen LogP contribution in [-0.4, -0.2) is 32.2 Å². The van der Waals surface area contributed by atoms with Crippen LogP contribution in [0.15, 0.2) is 18.2 Å². The highest BCUT2D eigenvalue weighted by atomic mass is 127. The van der Waals surface area contributed by atoms with Crippen LogP contribution in [-0.2, 0) is 16.1 Å². The Morgan fingerprint density at radius 1 is 1.31 bits per heavy atom. The molecule has 0 amide bonds. The van der Waals surface area contributed by atoms with Crippen LogP contribution in [0.4, 0.5) is 0 Å². The van der Waals surface area contributed by atoms with Crippen LogP contribution in [0, 0.1) is 3.57 Å². The SMILES string of the molecule is COCCOCOc1ccc(I)cc1CO. The minimum Gasteiger partial charge on any atom is -0.467 e. The van der Waals surface area contributed by atoms with Gasteiger partial charge in [-0.1, -0.05) is 0 Å². The summed E-state index contributed by atoms with van der Waals surface area (Å²) in [5, 5.41) is 9.14. The van der Waals surface area contributed by atoms with Gasteiger partial charge >= 0.3 is 0 Å². The maximum atomic E-state index is 9.14. The van der Waals surface area contributed by atoms with Crippen LogP contribution in [0.25, 0.3) is 0 Å². The van der Waals surface area contributed by atoms with E-state index in [4.69, 9.17) is 19.3 Å². The van der Waals surface area contributed by atoms with Crippen molar-refractivity contribution in [2.24, 2.45) is 0 Å². The molecule has 1 N–H and O–H groups in total. The van der Waals surface area contributed by atoms with Gasteiger partial charge in [-0.05, 0) is 40.8 Å². The van der Waals surface area contributed by atoms with Crippen molar-refractivity contribution in [2.75, 3.05) is 27.1 Å². The third kappa shape index (κ3) is 4.65. The smallest absolute Gasteiger partial charge is 0.189 e. The Kier molecular flexibility index (Phi) is 6.70. The molecular weight excluding hydrogens is 323 g/mol. The lowest BCUT2D eigenvalue weighted by Crippen LogP contribution is -2.08. The molecule has 0 fully saturated rings. The molecule has 1 aromatic rings. The standard InChI is InChI=1S/C11H15IO4/c1-14-4-5-15-8-16-11-3-2-10(12)6-9(11)7-13/h2-3,6,13H,4-5,7-8H2,1H3. The van der Waals surface area contributed by atoms with Gasteiger partial charge < -0.3 is 19.3 Å². The first-order valence-corrected chi connectivity index (χ1v) is 5.94. The van der Waals surface area contributed by atoms with Crippen LogP contribution in [0.2, 0.25) is 0 Å². The van der Waals surface area contributed by atoms with E-state index in [0.717, 1.165) is 9.13 Å². The molecule has 0 spiro atoms. The monoisotopic (exact) mass is 338 g/mol. The molecule has 0 atom stereocenters. The van der Waals surface area contributed by atoms with Crippen molar-refractivity contribution in [2.45, 2.75) is 6.61 Å². The van der Waals surface area contributed by atoms with Crippen molar-refractivity contribution in [3.05, 3.63) is 27.3 Å². The van der Waals surface area contributed by atoms with Gasteiger partial charge in [-0.3, -0.25) is 0 Å². The lowest BCUT2D eigenvalue weighted by Gasteiger charge is -2.10. The number of ether oxygens (including phenoxy) is 3. The molecule has 0 aliphatic carbocycles. The van der Waals surface area contributed by atoms with Crippen LogP contribution in [0.3, 0.4) is 0 Å². The second kappa shape index (κ2) is 7.83. The number of benzene rings is 1. The van der Waals surface area contributed by atoms with Crippen molar-refractivity contribution in [3.8, 4) is 5.75 Å². The van der Waals surface area contributed by atoms with Crippen molar-refractivity contribution in [1.82, 2.24) is 0 Å². The maximum absolute atomic E-state index is 9.14. The summed E-state index contributed by atoms with van der Waals surface area (Å²) >= 11 is 2.19. The molecule has 0 bridgehead atoms. The molecule has 5 heteroatoms. The summed E-state index contributed by atoms with van der Waals surface area (Å²) in [7, 11) is 1.62. The zero-order chi connectivity index (χ0) is 11.8. The topological polar surface area (TPSA) is 47.9 Å². The van der Waals surface area contributed by atoms with E-state index in [9.17, 15) is 0 Å². The quantitative estimate of drug-likeness (QED) is 0.468. The van der Waals surface area contributed by atoms with E-state index in [-0.39, 0.29) is 13.4 Å². The fourth-order valence-corrected chi connectivity index (χ4v) is 1.67. The molecule has 0 aromatic heterocycles. The number of hydrogen-bond donors (Lipinski definition) is 1. The average Bonchev–Trinajstić information content (AvgIpc) is 2.30. The zero-order valence-corrected chi connectivity index (χ0v) is 11.3. The molecule has 1 aromatic carbocycles. The fraction of sp³-hybridized carbons (Fsp3) is 0.455. The average molecular weight is 338 g/mol. The molecule has 0 aliphatic rings. The molecule has 0 saturated heterocycles. The zero-order valence-electron chi connectivity index (χ0n) is 9.11. The summed E-state index contributed by atoms with van der Waals surface area (Å²) in [5.74, 6) is 0.653. The molecule has 0 unspecified atom stereocenters. The molecule has 0 saturated carbocycles. The molecule has 16 heavy (non-hydrogen) atoms. The van der Waals surface area contributed by atoms with Crippen molar-refractivity contribution in [3.63, 3.8) is 0 Å². The summed E-state index contributed by atoms with van der Waals surface area (Å²) in [4.78, 5) is 0. The number of rotatable bonds is 7. The van der Waals surface area contributed by atoms with Gasteiger partial charge in [0.15, 0.2) is 6.79 Å². The summed E-state index contributed by atoms with van der Waals surface area (Å²) in [5.41, 5.74) is 0.766. The highest BCUT2D eigenvalue weighted by molar-refractivity contribution is 14.1. The van der Waals surface area contributed by atoms with Gasteiger partial charge in [0.05, 0.1) is 19.8 Å². The molecule has 0 aliphatic heterocycles. The van der Waals surface area contributed by atoms with E-state index in [1.165, 1.54) is 0 Å². The Balaban J connectivity index is 2.41. The third-order valence-corrected chi connectivity index (χ3v) is 2.59. The van der Waals surface area contributed by atoms with Gasteiger partial charge in [0.1, 0.15) is 5.75 Å². The van der Waals surface area contributed by atoms with E-state index in [1.54, 1.807) is 7.11 Å². The van der Waals surface area contributed by atoms with Gasteiger partial charge in [0.25, 0.3) is 0 Å². The summed E-state index contributed by atoms with van der Waals surface area (Å²) in [6.45, 7) is 1.17. The second-order valence-electron chi connectivity index (χ2n) is 3.07. The maximum Gasteiger partial charge on any atom is 0.189 e. The molecule has 0 radical (unpaired) electrons. The van der Waals surface area contributed by atoms with Crippen LogP contribution in [0.5, 0.6) is 5.75 Å². The molecule has 4 nitrogen and oxygen atoms in total. The first-order valence-electron chi connectivity index (χ1n) is 4.86. The molecular formula is C11H15IO4. The first-order chi connectivity index (χ1) is 7.77. The highest BCUT2D eigenvalue weighted by Gasteiger charge is 2.03. The van der Waals surface area contributed by atoms with E-state index >= 15 is 0 Å². The molecule has 0 heterocycles. The Bertz CT molecular complexity index is 317. The van der Waals surface area contributed by atoms with Gasteiger partial charge in [-0.2, -0.15) is 0 Å². The van der Waals surface area contributed by atoms with Gasteiger partial charge in [-0.15, -0.1) is 0 Å². The second-order valence-corrected chi connectivity index (χ2v) is 4.32. The number of aliphatic hydroxyl groups excluding tert-OH is 1. The van der Waals surface area contributed by atoms with E-state index in [1.807, 2.05) is 18.2 Å². The summed E-state index contributed by atoms with van der Waals surface area (Å²) in [6.07, 6.45) is 0. The van der Waals surface area contributed by atoms with Crippen molar-refractivity contribution >= 4 is 22.6 Å². The largest absolute Gasteiger partial charge is 0.467 e. The Morgan fingerprint density at radius 2 is 2.12 bits per heavy atom.